The summed E-state index contributed by atoms with van der Waals surface area (Å²) in [6.07, 6.45) is 5.91. The molecule has 1 rings (SSSR count). The van der Waals surface area contributed by atoms with E-state index in [4.69, 9.17) is 12.2 Å². The zero-order valence-corrected chi connectivity index (χ0v) is 17.5. The van der Waals surface area contributed by atoms with Crippen molar-refractivity contribution in [1.82, 2.24) is 4.72 Å². The minimum Gasteiger partial charge on any atom is -0.350 e. The Morgan fingerprint density at radius 2 is 1.72 bits per heavy atom. The van der Waals surface area contributed by atoms with E-state index >= 15 is 0 Å². The number of nitrogens with one attached hydrogen (secondary N) is 2. The molecule has 0 atom stereocenters. The average molecular weight is 385 g/mol. The molecule has 0 amide bonds. The van der Waals surface area contributed by atoms with Gasteiger partial charge in [-0.15, -0.1) is 0 Å². The first-order valence-electron chi connectivity index (χ1n) is 9.03. The molecule has 0 aliphatic heterocycles. The summed E-state index contributed by atoms with van der Waals surface area (Å²) in [5.74, 6) is 0. The van der Waals surface area contributed by atoms with E-state index in [-0.39, 0.29) is 0 Å². The summed E-state index contributed by atoms with van der Waals surface area (Å²) >= 11 is 5.37. The van der Waals surface area contributed by atoms with E-state index in [1.165, 1.54) is 18.4 Å². The predicted molar refractivity (Wildman–Crippen MR) is 112 cm³/mol. The van der Waals surface area contributed by atoms with Gasteiger partial charge in [0, 0.05) is 12.2 Å². The van der Waals surface area contributed by atoms with E-state index < -0.39 is 14.8 Å². The van der Waals surface area contributed by atoms with Crippen LogP contribution in [0.2, 0.25) is 0 Å². The smallest absolute Gasteiger partial charge is 0.216 e. The number of hydrogen-bond donors (Lipinski definition) is 2. The van der Waals surface area contributed by atoms with E-state index in [9.17, 15) is 8.42 Å². The molecule has 142 valence electrons. The molecule has 0 unspecified atom stereocenters. The highest BCUT2D eigenvalue weighted by Crippen LogP contribution is 2.14. The SMILES string of the molecule is CCCCc1ccc(NC(=S)CCCCNS(=O)(=O)C(C)(C)C)cc1. The number of anilines is 1. The summed E-state index contributed by atoms with van der Waals surface area (Å²) in [5.41, 5.74) is 2.36. The van der Waals surface area contributed by atoms with Gasteiger partial charge in [-0.2, -0.15) is 0 Å². The summed E-state index contributed by atoms with van der Waals surface area (Å²) in [6, 6.07) is 8.41. The number of unbranched alkanes of at least 4 members (excludes halogenated alkanes) is 2. The van der Waals surface area contributed by atoms with Gasteiger partial charge in [-0.05, 0) is 70.6 Å². The summed E-state index contributed by atoms with van der Waals surface area (Å²) in [5, 5.41) is 3.25. The Morgan fingerprint density at radius 1 is 1.08 bits per heavy atom. The molecule has 6 heteroatoms. The molecule has 0 saturated carbocycles. The van der Waals surface area contributed by atoms with Crippen molar-refractivity contribution in [3.63, 3.8) is 0 Å². The highest BCUT2D eigenvalue weighted by molar-refractivity contribution is 7.90. The molecule has 0 aliphatic carbocycles. The van der Waals surface area contributed by atoms with Crippen molar-refractivity contribution in [3.05, 3.63) is 29.8 Å². The predicted octanol–water partition coefficient (Wildman–Crippen LogP) is 4.66. The number of rotatable bonds is 10. The van der Waals surface area contributed by atoms with Crippen molar-refractivity contribution >= 4 is 32.9 Å². The number of aryl methyl sites for hydroxylation is 1. The van der Waals surface area contributed by atoms with Crippen molar-refractivity contribution in [2.24, 2.45) is 0 Å². The first kappa shape index (κ1) is 22.1. The summed E-state index contributed by atoms with van der Waals surface area (Å²) in [4.78, 5) is 0.792. The van der Waals surface area contributed by atoms with Crippen LogP contribution in [0.15, 0.2) is 24.3 Å². The lowest BCUT2D eigenvalue weighted by Crippen LogP contribution is -2.39. The van der Waals surface area contributed by atoms with Gasteiger partial charge in [0.1, 0.15) is 0 Å². The second kappa shape index (κ2) is 10.2. The fraction of sp³-hybridized carbons (Fsp3) is 0.632. The highest BCUT2D eigenvalue weighted by Gasteiger charge is 2.27. The van der Waals surface area contributed by atoms with Crippen molar-refractivity contribution in [3.8, 4) is 0 Å². The number of sulfonamides is 1. The van der Waals surface area contributed by atoms with E-state index in [0.717, 1.165) is 36.4 Å². The van der Waals surface area contributed by atoms with Gasteiger partial charge in [-0.25, -0.2) is 13.1 Å². The van der Waals surface area contributed by atoms with Gasteiger partial charge in [-0.1, -0.05) is 37.7 Å². The van der Waals surface area contributed by atoms with Crippen LogP contribution in [0.4, 0.5) is 5.69 Å². The van der Waals surface area contributed by atoms with E-state index in [1.54, 1.807) is 20.8 Å². The van der Waals surface area contributed by atoms with E-state index in [1.807, 2.05) is 0 Å². The molecule has 4 nitrogen and oxygen atoms in total. The fourth-order valence-electron chi connectivity index (χ4n) is 2.19. The first-order chi connectivity index (χ1) is 11.7. The maximum atomic E-state index is 11.9. The Hall–Kier alpha value is -0.980. The molecule has 2 N–H and O–H groups in total. The first-order valence-corrected chi connectivity index (χ1v) is 10.9. The van der Waals surface area contributed by atoms with Gasteiger partial charge in [0.2, 0.25) is 10.0 Å². The Labute approximate surface area is 158 Å². The number of hydrogen-bond acceptors (Lipinski definition) is 3. The van der Waals surface area contributed by atoms with Crippen molar-refractivity contribution in [1.29, 1.82) is 0 Å². The minimum atomic E-state index is -3.26. The Bertz CT molecular complexity index is 632. The van der Waals surface area contributed by atoms with Gasteiger partial charge >= 0.3 is 0 Å². The molecular weight excluding hydrogens is 352 g/mol. The second-order valence-corrected chi connectivity index (χ2v) is 10.3. The Balaban J connectivity index is 2.27. The fourth-order valence-corrected chi connectivity index (χ4v) is 3.30. The van der Waals surface area contributed by atoms with Gasteiger partial charge < -0.3 is 5.32 Å². The normalized spacial score (nSPS) is 12.2. The zero-order valence-electron chi connectivity index (χ0n) is 15.9. The molecule has 0 aliphatic rings. The third-order valence-electron chi connectivity index (χ3n) is 3.99. The number of thiocarbonyl (C=S) groups is 1. The quantitative estimate of drug-likeness (QED) is 0.455. The largest absolute Gasteiger partial charge is 0.350 e. The summed E-state index contributed by atoms with van der Waals surface area (Å²) in [6.45, 7) is 7.74. The molecule has 1 aromatic carbocycles. The van der Waals surface area contributed by atoms with Crippen molar-refractivity contribution < 1.29 is 8.42 Å². The molecule has 0 saturated heterocycles. The van der Waals surface area contributed by atoms with Gasteiger partial charge in [0.25, 0.3) is 0 Å². The van der Waals surface area contributed by atoms with E-state index in [0.29, 0.717) is 6.54 Å². The van der Waals surface area contributed by atoms with Crippen LogP contribution in [0.5, 0.6) is 0 Å². The van der Waals surface area contributed by atoms with Crippen LogP contribution >= 0.6 is 12.2 Å². The van der Waals surface area contributed by atoms with Crippen LogP contribution < -0.4 is 10.0 Å². The lowest BCUT2D eigenvalue weighted by Gasteiger charge is -2.19. The Morgan fingerprint density at radius 3 is 2.28 bits per heavy atom. The molecule has 0 bridgehead atoms. The van der Waals surface area contributed by atoms with E-state index in [2.05, 4.69) is 41.2 Å². The summed E-state index contributed by atoms with van der Waals surface area (Å²) in [7, 11) is -3.26. The lowest BCUT2D eigenvalue weighted by atomic mass is 10.1. The van der Waals surface area contributed by atoms with Gasteiger partial charge in [0.05, 0.1) is 9.74 Å². The topological polar surface area (TPSA) is 58.2 Å². The average Bonchev–Trinajstić information content (AvgIpc) is 2.52. The molecule has 25 heavy (non-hydrogen) atoms. The summed E-state index contributed by atoms with van der Waals surface area (Å²) < 4.78 is 25.8. The van der Waals surface area contributed by atoms with Crippen LogP contribution in [-0.4, -0.2) is 24.7 Å². The third-order valence-corrected chi connectivity index (χ3v) is 6.49. The zero-order chi connectivity index (χ0) is 18.9. The molecule has 0 fully saturated rings. The maximum absolute atomic E-state index is 11.9. The molecular formula is C19H32N2O2S2. The molecule has 0 aromatic heterocycles. The van der Waals surface area contributed by atoms with Crippen LogP contribution in [0.1, 0.15) is 65.4 Å². The van der Waals surface area contributed by atoms with Crippen LogP contribution in [0.25, 0.3) is 0 Å². The van der Waals surface area contributed by atoms with Crippen LogP contribution in [-0.2, 0) is 16.4 Å². The lowest BCUT2D eigenvalue weighted by molar-refractivity contribution is 0.542. The second-order valence-electron chi connectivity index (χ2n) is 7.32. The molecule has 1 aromatic rings. The maximum Gasteiger partial charge on any atom is 0.216 e. The molecule has 0 heterocycles. The van der Waals surface area contributed by atoms with Gasteiger partial charge in [0.15, 0.2) is 0 Å². The van der Waals surface area contributed by atoms with Crippen LogP contribution in [0.3, 0.4) is 0 Å². The van der Waals surface area contributed by atoms with Crippen molar-refractivity contribution in [2.45, 2.75) is 71.0 Å². The monoisotopic (exact) mass is 384 g/mol. The van der Waals surface area contributed by atoms with Crippen LogP contribution in [0, 0.1) is 0 Å². The van der Waals surface area contributed by atoms with Gasteiger partial charge in [-0.3, -0.25) is 0 Å². The third kappa shape index (κ3) is 8.29. The number of benzene rings is 1. The standard InChI is InChI=1S/C19H32N2O2S2/c1-5-6-9-16-11-13-17(14-12-16)21-18(24)10-7-8-15-20-25(22,23)19(2,3)4/h11-14,20H,5-10,15H2,1-4H3,(H,21,24). The minimum absolute atomic E-state index is 0.453. The molecule has 0 spiro atoms. The Kier molecular flexibility index (Phi) is 9.03. The highest BCUT2D eigenvalue weighted by atomic mass is 32.2. The van der Waals surface area contributed by atoms with Crippen molar-refractivity contribution in [2.75, 3.05) is 11.9 Å². The molecule has 0 radical (unpaired) electrons.